The Hall–Kier alpha value is -0.450. The van der Waals surface area contributed by atoms with E-state index in [1.807, 2.05) is 0 Å². The molecule has 0 radical (unpaired) electrons. The van der Waals surface area contributed by atoms with Gasteiger partial charge in [0.15, 0.2) is 0 Å². The van der Waals surface area contributed by atoms with E-state index in [0.29, 0.717) is 13.2 Å². The summed E-state index contributed by atoms with van der Waals surface area (Å²) in [4.78, 5) is 12.7. The monoisotopic (exact) mass is 201 g/mol. The maximum absolute atomic E-state index is 10.5. The van der Waals surface area contributed by atoms with E-state index in [4.69, 9.17) is 4.74 Å². The lowest BCUT2D eigenvalue weighted by molar-refractivity contribution is -0.112. The van der Waals surface area contributed by atoms with Crippen LogP contribution in [0.4, 0.5) is 0 Å². The molecule has 0 aromatic heterocycles. The lowest BCUT2D eigenvalue weighted by atomic mass is 9.98. The number of likely N-dealkylation sites (tertiary alicyclic amines) is 1. The molecule has 1 atom stereocenters. The molecule has 1 aliphatic heterocycles. The second-order valence-corrected chi connectivity index (χ2v) is 3.88. The first-order chi connectivity index (χ1) is 6.76. The molecule has 0 spiro atoms. The van der Waals surface area contributed by atoms with Gasteiger partial charge in [-0.1, -0.05) is 0 Å². The molecule has 0 amide bonds. The number of hydrogen-bond acceptors (Lipinski definition) is 4. The first kappa shape index (κ1) is 11.6. The highest BCUT2D eigenvalue weighted by Gasteiger charge is 2.20. The minimum Gasteiger partial charge on any atom is -0.389 e. The van der Waals surface area contributed by atoms with E-state index in [-0.39, 0.29) is 5.92 Å². The van der Waals surface area contributed by atoms with Crippen molar-refractivity contribution in [2.24, 2.45) is 5.92 Å². The second kappa shape index (κ2) is 6.11. The quantitative estimate of drug-likeness (QED) is 0.631. The fourth-order valence-electron chi connectivity index (χ4n) is 1.81. The maximum atomic E-state index is 10.5. The largest absolute Gasteiger partial charge is 0.389 e. The smallest absolute Gasteiger partial charge is 0.123 e. The third-order valence-corrected chi connectivity index (χ3v) is 2.65. The molecule has 82 valence electrons. The summed E-state index contributed by atoms with van der Waals surface area (Å²) in [6.07, 6.45) is 2.47. The van der Waals surface area contributed by atoms with Gasteiger partial charge in [0.2, 0.25) is 0 Å². The van der Waals surface area contributed by atoms with Crippen molar-refractivity contribution in [1.29, 1.82) is 0 Å². The first-order valence-corrected chi connectivity index (χ1v) is 5.11. The van der Waals surface area contributed by atoms with Crippen molar-refractivity contribution >= 4 is 6.29 Å². The van der Waals surface area contributed by atoms with E-state index in [1.54, 1.807) is 7.11 Å². The molecule has 14 heavy (non-hydrogen) atoms. The lowest BCUT2D eigenvalue weighted by Gasteiger charge is -2.30. The van der Waals surface area contributed by atoms with Crippen molar-refractivity contribution in [3.63, 3.8) is 0 Å². The summed E-state index contributed by atoms with van der Waals surface area (Å²) in [6, 6.07) is 0. The lowest BCUT2D eigenvalue weighted by Crippen LogP contribution is -2.40. The van der Waals surface area contributed by atoms with Gasteiger partial charge in [-0.25, -0.2) is 0 Å². The highest BCUT2D eigenvalue weighted by molar-refractivity contribution is 5.53. The van der Waals surface area contributed by atoms with Gasteiger partial charge in [-0.05, 0) is 25.9 Å². The van der Waals surface area contributed by atoms with Crippen LogP contribution in [-0.2, 0) is 9.53 Å². The zero-order valence-electron chi connectivity index (χ0n) is 8.69. The predicted molar refractivity (Wildman–Crippen MR) is 53.1 cm³/mol. The fourth-order valence-corrected chi connectivity index (χ4v) is 1.81. The Kier molecular flexibility index (Phi) is 5.07. The number of hydrogen-bond donors (Lipinski definition) is 1. The van der Waals surface area contributed by atoms with Gasteiger partial charge in [0.05, 0.1) is 12.7 Å². The Morgan fingerprint density at radius 2 is 2.21 bits per heavy atom. The molecular formula is C10H19NO3. The van der Waals surface area contributed by atoms with Crippen LogP contribution in [0.5, 0.6) is 0 Å². The molecule has 4 heteroatoms. The van der Waals surface area contributed by atoms with Crippen molar-refractivity contribution in [3.05, 3.63) is 0 Å². The zero-order chi connectivity index (χ0) is 10.4. The number of β-amino-alcohol motifs (C(OH)–C–C–N with tert-alkyl or cyclic N) is 1. The molecule has 0 aliphatic carbocycles. The Bertz CT molecular complexity index is 167. The average Bonchev–Trinajstić information content (AvgIpc) is 2.19. The summed E-state index contributed by atoms with van der Waals surface area (Å²) in [6.45, 7) is 2.85. The Labute approximate surface area is 84.8 Å². The van der Waals surface area contributed by atoms with Gasteiger partial charge in [-0.2, -0.15) is 0 Å². The second-order valence-electron chi connectivity index (χ2n) is 3.88. The third kappa shape index (κ3) is 3.74. The molecule has 0 aromatic rings. The van der Waals surface area contributed by atoms with Crippen LogP contribution < -0.4 is 0 Å². The number of ether oxygens (including phenoxy) is 1. The summed E-state index contributed by atoms with van der Waals surface area (Å²) in [5, 5.41) is 9.49. The number of carbonyl (C=O) groups is 1. The summed E-state index contributed by atoms with van der Waals surface area (Å²) in [5.41, 5.74) is 0. The van der Waals surface area contributed by atoms with Crippen LogP contribution >= 0.6 is 0 Å². The maximum Gasteiger partial charge on any atom is 0.123 e. The highest BCUT2D eigenvalue weighted by atomic mass is 16.5. The number of aldehydes is 1. The number of nitrogens with zero attached hydrogens (tertiary/aromatic N) is 1. The number of rotatable bonds is 5. The summed E-state index contributed by atoms with van der Waals surface area (Å²) in [7, 11) is 1.59. The van der Waals surface area contributed by atoms with E-state index < -0.39 is 6.10 Å². The summed E-state index contributed by atoms with van der Waals surface area (Å²) >= 11 is 0. The normalized spacial score (nSPS) is 22.1. The molecule has 0 bridgehead atoms. The summed E-state index contributed by atoms with van der Waals surface area (Å²) < 4.78 is 4.85. The Balaban J connectivity index is 2.18. The zero-order valence-corrected chi connectivity index (χ0v) is 8.69. The van der Waals surface area contributed by atoms with Crippen molar-refractivity contribution in [2.75, 3.05) is 33.4 Å². The van der Waals surface area contributed by atoms with E-state index >= 15 is 0 Å². The average molecular weight is 201 g/mol. The van der Waals surface area contributed by atoms with Crippen molar-refractivity contribution in [1.82, 2.24) is 4.90 Å². The van der Waals surface area contributed by atoms with Crippen molar-refractivity contribution in [3.8, 4) is 0 Å². The first-order valence-electron chi connectivity index (χ1n) is 5.11. The van der Waals surface area contributed by atoms with Crippen LogP contribution in [0.3, 0.4) is 0 Å². The molecule has 1 rings (SSSR count). The Morgan fingerprint density at radius 1 is 1.57 bits per heavy atom. The molecule has 0 aromatic carbocycles. The van der Waals surface area contributed by atoms with E-state index in [1.165, 1.54) is 0 Å². The van der Waals surface area contributed by atoms with Gasteiger partial charge in [-0.3, -0.25) is 0 Å². The number of piperidine rings is 1. The number of methoxy groups -OCH3 is 1. The van der Waals surface area contributed by atoms with Gasteiger partial charge in [0, 0.05) is 19.6 Å². The fraction of sp³-hybridized carbons (Fsp3) is 0.900. The van der Waals surface area contributed by atoms with Crippen LogP contribution in [0.1, 0.15) is 12.8 Å². The van der Waals surface area contributed by atoms with Crippen LogP contribution in [0, 0.1) is 5.92 Å². The predicted octanol–water partition coefficient (Wildman–Crippen LogP) is -0.0954. The van der Waals surface area contributed by atoms with Gasteiger partial charge in [0.25, 0.3) is 0 Å². The van der Waals surface area contributed by atoms with E-state index in [0.717, 1.165) is 32.2 Å². The molecular weight excluding hydrogens is 182 g/mol. The SMILES string of the molecule is COCC(O)CN1CCC(C=O)CC1. The molecule has 1 N–H and O–H groups in total. The molecule has 1 heterocycles. The summed E-state index contributed by atoms with van der Waals surface area (Å²) in [5.74, 6) is 0.228. The number of aliphatic hydroxyl groups excluding tert-OH is 1. The topological polar surface area (TPSA) is 49.8 Å². The molecule has 4 nitrogen and oxygen atoms in total. The minimum absolute atomic E-state index is 0.228. The van der Waals surface area contributed by atoms with Gasteiger partial charge < -0.3 is 19.5 Å². The molecule has 1 unspecified atom stereocenters. The standard InChI is InChI=1S/C10H19NO3/c1-14-8-10(13)6-11-4-2-9(7-12)3-5-11/h7,9-10,13H,2-6,8H2,1H3. The van der Waals surface area contributed by atoms with Gasteiger partial charge in [0.1, 0.15) is 6.29 Å². The third-order valence-electron chi connectivity index (χ3n) is 2.65. The van der Waals surface area contributed by atoms with Crippen molar-refractivity contribution < 1.29 is 14.6 Å². The number of carbonyl (C=O) groups excluding carboxylic acids is 1. The Morgan fingerprint density at radius 3 is 2.71 bits per heavy atom. The number of aliphatic hydroxyl groups is 1. The molecule has 1 saturated heterocycles. The van der Waals surface area contributed by atoms with Gasteiger partial charge in [-0.15, -0.1) is 0 Å². The minimum atomic E-state index is -0.409. The molecule has 1 aliphatic rings. The van der Waals surface area contributed by atoms with Gasteiger partial charge >= 0.3 is 0 Å². The van der Waals surface area contributed by atoms with Crippen LogP contribution in [0.25, 0.3) is 0 Å². The van der Waals surface area contributed by atoms with Crippen LogP contribution in [-0.4, -0.2) is 55.7 Å². The van der Waals surface area contributed by atoms with E-state index in [2.05, 4.69) is 4.90 Å². The van der Waals surface area contributed by atoms with Crippen molar-refractivity contribution in [2.45, 2.75) is 18.9 Å². The molecule has 0 saturated carbocycles. The van der Waals surface area contributed by atoms with Crippen LogP contribution in [0.2, 0.25) is 0 Å². The van der Waals surface area contributed by atoms with Crippen LogP contribution in [0.15, 0.2) is 0 Å². The molecule has 1 fully saturated rings. The highest BCUT2D eigenvalue weighted by Crippen LogP contribution is 2.14. The van der Waals surface area contributed by atoms with E-state index in [9.17, 15) is 9.90 Å².